The average molecular weight is 265 g/mol. The Balaban J connectivity index is 2.24. The fourth-order valence-electron chi connectivity index (χ4n) is 1.38. The van der Waals surface area contributed by atoms with Crippen LogP contribution in [0.4, 0.5) is 0 Å². The number of ether oxygens (including phenoxy) is 1. The van der Waals surface area contributed by atoms with Crippen LogP contribution in [0.15, 0.2) is 12.3 Å². The van der Waals surface area contributed by atoms with E-state index in [0.717, 1.165) is 13.5 Å². The highest BCUT2D eigenvalue weighted by molar-refractivity contribution is 7.47. The fourth-order valence-corrected chi connectivity index (χ4v) is 1.84. The van der Waals surface area contributed by atoms with Crippen LogP contribution < -0.4 is 5.32 Å². The molecule has 1 aliphatic heterocycles. The molecule has 17 heavy (non-hydrogen) atoms. The zero-order chi connectivity index (χ0) is 12.7. The van der Waals surface area contributed by atoms with Crippen molar-refractivity contribution < 1.29 is 28.0 Å². The maximum Gasteiger partial charge on any atom is 0.472 e. The van der Waals surface area contributed by atoms with Gasteiger partial charge in [-0.05, 0) is 18.9 Å². The predicted molar refractivity (Wildman–Crippen MR) is 59.0 cm³/mol. The van der Waals surface area contributed by atoms with Crippen LogP contribution in [-0.2, 0) is 23.1 Å². The smallest absolute Gasteiger partial charge is 0.366 e. The summed E-state index contributed by atoms with van der Waals surface area (Å²) in [7, 11) is -2.83. The Labute approximate surface area is 99.4 Å². The molecule has 1 aliphatic rings. The number of hydrogen-bond donors (Lipinski definition) is 2. The zero-order valence-electron chi connectivity index (χ0n) is 9.44. The summed E-state index contributed by atoms with van der Waals surface area (Å²) in [6.45, 7) is -0.00279. The molecule has 1 fully saturated rings. The predicted octanol–water partition coefficient (Wildman–Crippen LogP) is 0.557. The Hall–Kier alpha value is -0.720. The van der Waals surface area contributed by atoms with Crippen molar-refractivity contribution in [1.82, 2.24) is 5.32 Å². The maximum atomic E-state index is 11.0. The van der Waals surface area contributed by atoms with Crippen molar-refractivity contribution >= 4 is 14.1 Å². The largest absolute Gasteiger partial charge is 0.472 e. The van der Waals surface area contributed by atoms with Gasteiger partial charge in [0.15, 0.2) is 0 Å². The van der Waals surface area contributed by atoms with E-state index in [0.29, 0.717) is 12.7 Å². The molecular weight excluding hydrogens is 249 g/mol. The van der Waals surface area contributed by atoms with Crippen molar-refractivity contribution in [2.45, 2.75) is 25.2 Å². The topological polar surface area (TPSA) is 94.1 Å². The fraction of sp³-hybridized carbons (Fsp3) is 0.667. The van der Waals surface area contributed by atoms with Crippen molar-refractivity contribution in [2.75, 3.05) is 13.7 Å². The number of phosphoric acid groups is 1. The van der Waals surface area contributed by atoms with Gasteiger partial charge < -0.3 is 14.9 Å². The van der Waals surface area contributed by atoms with Gasteiger partial charge in [-0.15, -0.1) is 0 Å². The third-order valence-corrected chi connectivity index (χ3v) is 3.16. The minimum Gasteiger partial charge on any atom is -0.366 e. The molecule has 1 saturated heterocycles. The van der Waals surface area contributed by atoms with E-state index in [2.05, 4.69) is 9.84 Å². The van der Waals surface area contributed by atoms with Gasteiger partial charge in [0.2, 0.25) is 0 Å². The third-order valence-electron chi connectivity index (χ3n) is 2.22. The van der Waals surface area contributed by atoms with Crippen molar-refractivity contribution in [3.05, 3.63) is 12.3 Å². The first-order valence-electron chi connectivity index (χ1n) is 5.12. The first kappa shape index (κ1) is 14.3. The summed E-state index contributed by atoms with van der Waals surface area (Å²) >= 11 is 0. The van der Waals surface area contributed by atoms with Gasteiger partial charge in [-0.25, -0.2) is 4.57 Å². The zero-order valence-corrected chi connectivity index (χ0v) is 10.3. The Bertz CT molecular complexity index is 321. The molecule has 1 heterocycles. The van der Waals surface area contributed by atoms with Crippen LogP contribution in [0.3, 0.4) is 0 Å². The minimum absolute atomic E-state index is 0.00279. The molecule has 0 aliphatic carbocycles. The van der Waals surface area contributed by atoms with E-state index in [1.54, 1.807) is 0 Å². The normalized spacial score (nSPS) is 28.1. The molecule has 2 N–H and O–H groups in total. The summed E-state index contributed by atoms with van der Waals surface area (Å²) in [4.78, 5) is 19.0. The SMILES string of the molecule is COP(=O)(O)OC[C@@H]1CC[C@H](N/C=C\C=O)O1. The first-order chi connectivity index (χ1) is 8.07. The summed E-state index contributed by atoms with van der Waals surface area (Å²) in [6.07, 6.45) is 4.44. The molecule has 98 valence electrons. The number of phosphoric ester groups is 1. The number of aldehydes is 1. The van der Waals surface area contributed by atoms with Gasteiger partial charge >= 0.3 is 7.82 Å². The van der Waals surface area contributed by atoms with Crippen molar-refractivity contribution in [1.29, 1.82) is 0 Å². The van der Waals surface area contributed by atoms with Gasteiger partial charge in [0, 0.05) is 13.3 Å². The van der Waals surface area contributed by atoms with Gasteiger partial charge in [0.25, 0.3) is 0 Å². The molecule has 0 aromatic carbocycles. The van der Waals surface area contributed by atoms with Gasteiger partial charge in [-0.3, -0.25) is 13.8 Å². The molecule has 0 spiro atoms. The lowest BCUT2D eigenvalue weighted by atomic mass is 10.2. The van der Waals surface area contributed by atoms with E-state index < -0.39 is 7.82 Å². The summed E-state index contributed by atoms with van der Waals surface area (Å²) < 4.78 is 25.4. The van der Waals surface area contributed by atoms with E-state index in [4.69, 9.17) is 14.2 Å². The molecule has 1 rings (SSSR count). The summed E-state index contributed by atoms with van der Waals surface area (Å²) in [5.74, 6) is 0. The van der Waals surface area contributed by atoms with Gasteiger partial charge in [-0.1, -0.05) is 0 Å². The monoisotopic (exact) mass is 265 g/mol. The van der Waals surface area contributed by atoms with Crippen LogP contribution in [-0.4, -0.2) is 37.2 Å². The average Bonchev–Trinajstić information content (AvgIpc) is 2.75. The molecule has 0 aromatic heterocycles. The highest BCUT2D eigenvalue weighted by atomic mass is 31.2. The lowest BCUT2D eigenvalue weighted by Crippen LogP contribution is -2.25. The molecule has 0 aromatic rings. The Kier molecular flexibility index (Phi) is 5.80. The standard InChI is InChI=1S/C9H16NO6P/c1-14-17(12,13)15-7-8-3-4-9(16-8)10-5-2-6-11/h2,5-6,8-10H,3-4,7H2,1H3,(H,12,13)/b5-2-/t8-,9+/m0/s1. The molecule has 1 unspecified atom stereocenters. The molecule has 0 saturated carbocycles. The lowest BCUT2D eigenvalue weighted by Gasteiger charge is -2.15. The number of carbonyl (C=O) groups excluding carboxylic acids is 1. The highest BCUT2D eigenvalue weighted by Gasteiger charge is 2.28. The number of nitrogens with one attached hydrogen (secondary N) is 1. The van der Waals surface area contributed by atoms with Gasteiger partial charge in [0.1, 0.15) is 12.5 Å². The quantitative estimate of drug-likeness (QED) is 0.394. The summed E-state index contributed by atoms with van der Waals surface area (Å²) in [5, 5.41) is 2.87. The van der Waals surface area contributed by atoms with E-state index in [1.807, 2.05) is 0 Å². The first-order valence-corrected chi connectivity index (χ1v) is 6.62. The molecule has 0 amide bonds. The second kappa shape index (κ2) is 6.88. The van der Waals surface area contributed by atoms with Gasteiger partial charge in [-0.2, -0.15) is 0 Å². The minimum atomic E-state index is -3.93. The van der Waals surface area contributed by atoms with Crippen molar-refractivity contribution in [2.24, 2.45) is 0 Å². The van der Waals surface area contributed by atoms with E-state index >= 15 is 0 Å². The van der Waals surface area contributed by atoms with Crippen LogP contribution in [0.25, 0.3) is 0 Å². The Morgan fingerprint density at radius 3 is 3.00 bits per heavy atom. The molecule has 3 atom stereocenters. The molecular formula is C9H16NO6P. The summed E-state index contributed by atoms with van der Waals surface area (Å²) in [5.41, 5.74) is 0. The van der Waals surface area contributed by atoms with E-state index in [9.17, 15) is 9.36 Å². The second-order valence-corrected chi connectivity index (χ2v) is 4.99. The summed E-state index contributed by atoms with van der Waals surface area (Å²) in [6, 6.07) is 0. The molecule has 7 nitrogen and oxygen atoms in total. The number of hydrogen-bond acceptors (Lipinski definition) is 6. The molecule has 0 bridgehead atoms. The number of rotatable bonds is 7. The van der Waals surface area contributed by atoms with Crippen LogP contribution in [0.1, 0.15) is 12.8 Å². The van der Waals surface area contributed by atoms with Crippen LogP contribution in [0.5, 0.6) is 0 Å². The highest BCUT2D eigenvalue weighted by Crippen LogP contribution is 2.42. The Morgan fingerprint density at radius 1 is 1.59 bits per heavy atom. The van der Waals surface area contributed by atoms with E-state index in [1.165, 1.54) is 12.3 Å². The van der Waals surface area contributed by atoms with Crippen molar-refractivity contribution in [3.63, 3.8) is 0 Å². The van der Waals surface area contributed by atoms with Crippen molar-refractivity contribution in [3.8, 4) is 0 Å². The third kappa shape index (κ3) is 5.43. The lowest BCUT2D eigenvalue weighted by molar-refractivity contribution is -0.104. The van der Waals surface area contributed by atoms with Crippen LogP contribution >= 0.6 is 7.82 Å². The van der Waals surface area contributed by atoms with Gasteiger partial charge in [0.05, 0.1) is 12.7 Å². The van der Waals surface area contributed by atoms with Crippen LogP contribution in [0, 0.1) is 0 Å². The number of allylic oxidation sites excluding steroid dienone is 1. The maximum absolute atomic E-state index is 11.0. The molecule has 0 radical (unpaired) electrons. The number of carbonyl (C=O) groups is 1. The second-order valence-electron chi connectivity index (χ2n) is 3.43. The van der Waals surface area contributed by atoms with E-state index in [-0.39, 0.29) is 18.9 Å². The molecule has 8 heteroatoms. The Morgan fingerprint density at radius 2 is 2.35 bits per heavy atom. The van der Waals surface area contributed by atoms with Crippen LogP contribution in [0.2, 0.25) is 0 Å².